The van der Waals surface area contributed by atoms with Crippen molar-refractivity contribution in [2.75, 3.05) is 7.11 Å². The molecule has 1 aromatic carbocycles. The highest BCUT2D eigenvalue weighted by atomic mass is 16.7. The maximum Gasteiger partial charge on any atom is 0.305 e. The SMILES string of the molecule is CCC1(CC)CC(NC(=O)CCCC(=O)OC)CC(C)(C)N1OC(C)c1ccccc1. The molecule has 2 unspecified atom stereocenters. The summed E-state index contributed by atoms with van der Waals surface area (Å²) in [5, 5.41) is 5.44. The number of methoxy groups -OCH3 is 1. The normalized spacial score (nSPS) is 21.3. The molecule has 2 atom stereocenters. The smallest absolute Gasteiger partial charge is 0.305 e. The van der Waals surface area contributed by atoms with Crippen LogP contribution >= 0.6 is 0 Å². The van der Waals surface area contributed by atoms with Gasteiger partial charge in [0.05, 0.1) is 7.11 Å². The molecule has 0 spiro atoms. The van der Waals surface area contributed by atoms with Crippen LogP contribution < -0.4 is 5.32 Å². The van der Waals surface area contributed by atoms with Crippen molar-refractivity contribution >= 4 is 11.9 Å². The van der Waals surface area contributed by atoms with Crippen LogP contribution in [0.15, 0.2) is 30.3 Å². The zero-order valence-corrected chi connectivity index (χ0v) is 20.1. The molecule has 2 rings (SSSR count). The lowest BCUT2D eigenvalue weighted by molar-refractivity contribution is -0.316. The summed E-state index contributed by atoms with van der Waals surface area (Å²) in [7, 11) is 1.37. The maximum atomic E-state index is 12.5. The highest BCUT2D eigenvalue weighted by molar-refractivity contribution is 5.77. The molecule has 1 aliphatic heterocycles. The number of rotatable bonds is 10. The van der Waals surface area contributed by atoms with Crippen LogP contribution in [0.5, 0.6) is 0 Å². The van der Waals surface area contributed by atoms with Crippen LogP contribution in [0.2, 0.25) is 0 Å². The largest absolute Gasteiger partial charge is 0.469 e. The van der Waals surface area contributed by atoms with Crippen molar-refractivity contribution < 1.29 is 19.2 Å². The van der Waals surface area contributed by atoms with Crippen LogP contribution in [0.25, 0.3) is 0 Å². The Bertz CT molecular complexity index is 715. The van der Waals surface area contributed by atoms with Gasteiger partial charge in [0.1, 0.15) is 6.10 Å². The summed E-state index contributed by atoms with van der Waals surface area (Å²) in [5.74, 6) is -0.277. The molecule has 1 N–H and O–H groups in total. The molecule has 1 amide bonds. The Labute approximate surface area is 187 Å². The predicted octanol–water partition coefficient (Wildman–Crippen LogP) is 4.94. The van der Waals surface area contributed by atoms with Gasteiger partial charge in [0, 0.05) is 30.0 Å². The van der Waals surface area contributed by atoms with Gasteiger partial charge in [-0.05, 0) is 58.4 Å². The Morgan fingerprint density at radius 1 is 1.13 bits per heavy atom. The molecule has 6 nitrogen and oxygen atoms in total. The molecule has 1 aliphatic rings. The highest BCUT2D eigenvalue weighted by Gasteiger charge is 2.50. The Balaban J connectivity index is 2.09. The molecule has 1 aromatic rings. The molecule has 0 bridgehead atoms. The second-order valence-electron chi connectivity index (χ2n) is 9.30. The van der Waals surface area contributed by atoms with Crippen molar-refractivity contribution in [1.29, 1.82) is 0 Å². The van der Waals surface area contributed by atoms with Gasteiger partial charge in [-0.15, -0.1) is 0 Å². The monoisotopic (exact) mass is 432 g/mol. The van der Waals surface area contributed by atoms with E-state index in [9.17, 15) is 9.59 Å². The Morgan fingerprint density at radius 3 is 2.35 bits per heavy atom. The van der Waals surface area contributed by atoms with Gasteiger partial charge >= 0.3 is 5.97 Å². The van der Waals surface area contributed by atoms with Gasteiger partial charge in [-0.2, -0.15) is 5.06 Å². The summed E-state index contributed by atoms with van der Waals surface area (Å²) in [6.07, 6.45) is 4.57. The summed E-state index contributed by atoms with van der Waals surface area (Å²) in [6.45, 7) is 10.9. The molecule has 0 aliphatic carbocycles. The van der Waals surface area contributed by atoms with E-state index in [1.54, 1.807) is 0 Å². The lowest BCUT2D eigenvalue weighted by Gasteiger charge is -2.57. The molecular formula is C25H40N2O4. The lowest BCUT2D eigenvalue weighted by Crippen LogP contribution is -2.66. The van der Waals surface area contributed by atoms with Crippen LogP contribution in [0.4, 0.5) is 0 Å². The summed E-state index contributed by atoms with van der Waals surface area (Å²) in [6, 6.07) is 10.4. The fourth-order valence-corrected chi connectivity index (χ4v) is 4.86. The van der Waals surface area contributed by atoms with E-state index in [-0.39, 0.29) is 41.5 Å². The van der Waals surface area contributed by atoms with E-state index in [1.165, 1.54) is 7.11 Å². The summed E-state index contributed by atoms with van der Waals surface area (Å²) in [4.78, 5) is 30.4. The standard InChI is InChI=1S/C25H40N2O4/c1-7-25(8-2)18-21(26-22(28)15-12-16-23(29)30-6)17-24(4,5)27(25)31-19(3)20-13-10-9-11-14-20/h9-11,13-14,19,21H,7-8,12,15-18H2,1-6H3,(H,26,28). The van der Waals surface area contributed by atoms with Crippen molar-refractivity contribution in [3.8, 4) is 0 Å². The number of hydrogen-bond acceptors (Lipinski definition) is 5. The predicted molar refractivity (Wildman–Crippen MR) is 122 cm³/mol. The second kappa shape index (κ2) is 11.1. The van der Waals surface area contributed by atoms with E-state index in [4.69, 9.17) is 4.84 Å². The van der Waals surface area contributed by atoms with Crippen molar-refractivity contribution in [2.45, 2.75) is 103 Å². The van der Waals surface area contributed by atoms with Gasteiger partial charge in [-0.1, -0.05) is 44.2 Å². The molecule has 1 fully saturated rings. The van der Waals surface area contributed by atoms with E-state index < -0.39 is 0 Å². The quantitative estimate of drug-likeness (QED) is 0.530. The lowest BCUT2D eigenvalue weighted by atomic mass is 9.74. The highest BCUT2D eigenvalue weighted by Crippen LogP contribution is 2.44. The van der Waals surface area contributed by atoms with Crippen molar-refractivity contribution in [2.24, 2.45) is 0 Å². The van der Waals surface area contributed by atoms with E-state index in [0.29, 0.717) is 12.8 Å². The summed E-state index contributed by atoms with van der Waals surface area (Å²) >= 11 is 0. The molecule has 174 valence electrons. The second-order valence-corrected chi connectivity index (χ2v) is 9.30. The molecule has 0 saturated carbocycles. The van der Waals surface area contributed by atoms with Crippen LogP contribution in [-0.2, 0) is 19.2 Å². The van der Waals surface area contributed by atoms with E-state index in [0.717, 1.165) is 31.2 Å². The zero-order valence-electron chi connectivity index (χ0n) is 20.1. The molecule has 31 heavy (non-hydrogen) atoms. The third-order valence-electron chi connectivity index (χ3n) is 6.58. The average molecular weight is 433 g/mol. The Kier molecular flexibility index (Phi) is 9.07. The number of amides is 1. The van der Waals surface area contributed by atoms with Crippen LogP contribution in [-0.4, -0.2) is 41.2 Å². The van der Waals surface area contributed by atoms with Gasteiger partial charge in [-0.25, -0.2) is 0 Å². The Morgan fingerprint density at radius 2 is 1.77 bits per heavy atom. The molecule has 0 radical (unpaired) electrons. The molecule has 0 aromatic heterocycles. The van der Waals surface area contributed by atoms with E-state index in [2.05, 4.69) is 61.9 Å². The first-order chi connectivity index (χ1) is 14.7. The zero-order chi connectivity index (χ0) is 23.1. The van der Waals surface area contributed by atoms with Gasteiger partial charge in [0.15, 0.2) is 0 Å². The summed E-state index contributed by atoms with van der Waals surface area (Å²) < 4.78 is 4.65. The van der Waals surface area contributed by atoms with Gasteiger partial charge in [-0.3, -0.25) is 14.4 Å². The number of nitrogens with one attached hydrogen (secondary N) is 1. The van der Waals surface area contributed by atoms with Crippen LogP contribution in [0, 0.1) is 0 Å². The third-order valence-corrected chi connectivity index (χ3v) is 6.58. The number of hydrogen-bond donors (Lipinski definition) is 1. The summed E-state index contributed by atoms with van der Waals surface area (Å²) in [5.41, 5.74) is 0.756. The molecule has 1 heterocycles. The van der Waals surface area contributed by atoms with Gasteiger partial charge < -0.3 is 10.1 Å². The Hall–Kier alpha value is -1.92. The van der Waals surface area contributed by atoms with Crippen molar-refractivity contribution in [3.05, 3.63) is 35.9 Å². The number of carbonyl (C=O) groups excluding carboxylic acids is 2. The minimum atomic E-state index is -0.275. The third kappa shape index (κ3) is 6.53. The number of esters is 1. The van der Waals surface area contributed by atoms with E-state index in [1.807, 2.05) is 18.2 Å². The minimum Gasteiger partial charge on any atom is -0.469 e. The van der Waals surface area contributed by atoms with Gasteiger partial charge in [0.25, 0.3) is 0 Å². The molecule has 6 heteroatoms. The first-order valence-corrected chi connectivity index (χ1v) is 11.6. The first-order valence-electron chi connectivity index (χ1n) is 11.6. The number of hydroxylamine groups is 2. The van der Waals surface area contributed by atoms with E-state index >= 15 is 0 Å². The van der Waals surface area contributed by atoms with Crippen molar-refractivity contribution in [1.82, 2.24) is 10.4 Å². The van der Waals surface area contributed by atoms with Crippen LogP contribution in [0.1, 0.15) is 91.2 Å². The number of ether oxygens (including phenoxy) is 1. The molecular weight excluding hydrogens is 392 g/mol. The minimum absolute atomic E-state index is 0.00201. The fourth-order valence-electron chi connectivity index (χ4n) is 4.86. The topological polar surface area (TPSA) is 67.9 Å². The number of carbonyl (C=O) groups is 2. The average Bonchev–Trinajstić information content (AvgIpc) is 2.75. The number of nitrogens with zero attached hydrogens (tertiary/aromatic N) is 1. The molecule has 1 saturated heterocycles. The van der Waals surface area contributed by atoms with Crippen LogP contribution in [0.3, 0.4) is 0 Å². The maximum absolute atomic E-state index is 12.5. The first kappa shape index (κ1) is 25.3. The van der Waals surface area contributed by atoms with Gasteiger partial charge in [0.2, 0.25) is 5.91 Å². The fraction of sp³-hybridized carbons (Fsp3) is 0.680. The van der Waals surface area contributed by atoms with Crippen molar-refractivity contribution in [3.63, 3.8) is 0 Å². The number of benzene rings is 1. The number of piperidine rings is 1.